The summed E-state index contributed by atoms with van der Waals surface area (Å²) in [6.45, 7) is 10.8. The van der Waals surface area contributed by atoms with E-state index in [0.29, 0.717) is 25.2 Å². The third-order valence-electron chi connectivity index (χ3n) is 12.9. The summed E-state index contributed by atoms with van der Waals surface area (Å²) >= 11 is 0. The van der Waals surface area contributed by atoms with Gasteiger partial charge in [-0.15, -0.1) is 0 Å². The number of amides is 4. The number of piperazine rings is 1. The van der Waals surface area contributed by atoms with Gasteiger partial charge >= 0.3 is 12.2 Å². The van der Waals surface area contributed by atoms with Crippen molar-refractivity contribution in [3.05, 3.63) is 72.6 Å². The summed E-state index contributed by atoms with van der Waals surface area (Å²) in [4.78, 5) is 76.2. The lowest BCUT2D eigenvalue weighted by Gasteiger charge is -2.37. The van der Waals surface area contributed by atoms with Crippen LogP contribution in [0.4, 0.5) is 21.0 Å². The van der Waals surface area contributed by atoms with Gasteiger partial charge in [-0.3, -0.25) is 9.59 Å². The highest BCUT2D eigenvalue weighted by atomic mass is 16.5. The Hall–Kier alpha value is -6.06. The Morgan fingerprint density at radius 2 is 1.03 bits per heavy atom. The Morgan fingerprint density at radius 3 is 1.38 bits per heavy atom. The molecule has 16 nitrogen and oxygen atoms in total. The highest BCUT2D eigenvalue weighted by Crippen LogP contribution is 2.39. The van der Waals surface area contributed by atoms with E-state index in [2.05, 4.69) is 78.9 Å². The molecule has 4 N–H and O–H groups in total. The van der Waals surface area contributed by atoms with Crippen molar-refractivity contribution < 1.29 is 28.7 Å². The fourth-order valence-electron chi connectivity index (χ4n) is 9.66. The second kappa shape index (κ2) is 17.5. The van der Waals surface area contributed by atoms with E-state index in [1.807, 2.05) is 49.9 Å². The highest BCUT2D eigenvalue weighted by Gasteiger charge is 2.44. The van der Waals surface area contributed by atoms with Crippen LogP contribution in [0.2, 0.25) is 0 Å². The zero-order valence-electron chi connectivity index (χ0n) is 35.9. The van der Waals surface area contributed by atoms with Gasteiger partial charge in [-0.1, -0.05) is 52.0 Å². The SMILES string of the molecule is COC(=O)N[C@H](C(=O)N1CCC[C@H]1c1ncc(-c2ccc(N3CC4CC3CN4c3ccc(-c4cnc([C@@H]5CCCN5C(=O)[C@@H](NC(=O)OC)C(C)C)[nH]4)cc3)cc2)[nH]1)C(C)C. The molecule has 4 saturated heterocycles. The van der Waals surface area contributed by atoms with E-state index in [-0.39, 0.29) is 35.7 Å². The van der Waals surface area contributed by atoms with E-state index in [1.54, 1.807) is 0 Å². The number of anilines is 2. The van der Waals surface area contributed by atoms with Crippen LogP contribution in [0.25, 0.3) is 22.5 Å². The van der Waals surface area contributed by atoms with E-state index < -0.39 is 24.3 Å². The highest BCUT2D eigenvalue weighted by molar-refractivity contribution is 5.87. The first-order chi connectivity index (χ1) is 29.4. The van der Waals surface area contributed by atoms with Crippen molar-refractivity contribution in [2.45, 2.75) is 96.1 Å². The van der Waals surface area contributed by atoms with E-state index in [9.17, 15) is 19.2 Å². The minimum atomic E-state index is -0.676. The standard InChI is InChI=1S/C45H58N10O6/c1-26(2)38(50-44(58)60-5)42(56)52-19-7-9-36(52)40-46-22-34(48-40)28-11-15-30(16-12-28)54-24-33-21-32(54)25-55(33)31-17-13-29(14-18-31)35-23-47-41(49-35)37-10-8-20-53(37)43(57)39(27(3)4)51-45(59)61-6/h11-18,22-23,26-27,32-33,36-39H,7-10,19-21,24-25H2,1-6H3,(H,46,48)(H,47,49)(H,50,58)(H,51,59)/t32?,33?,36-,37-,38-,39-/m0/s1. The van der Waals surface area contributed by atoms with Crippen LogP contribution in [0.1, 0.15) is 83.5 Å². The summed E-state index contributed by atoms with van der Waals surface area (Å²) in [5.74, 6) is 1.06. The number of likely N-dealkylation sites (tertiary alicyclic amines) is 2. The number of fused-ring (bicyclic) bond motifs is 2. The second-order valence-electron chi connectivity index (χ2n) is 17.4. The largest absolute Gasteiger partial charge is 0.453 e. The molecule has 2 aromatic carbocycles. The van der Waals surface area contributed by atoms with Gasteiger partial charge in [0.15, 0.2) is 0 Å². The molecule has 61 heavy (non-hydrogen) atoms. The Bertz CT molecular complexity index is 2050. The Labute approximate surface area is 356 Å². The van der Waals surface area contributed by atoms with Gasteiger partial charge in [-0.25, -0.2) is 19.6 Å². The lowest BCUT2D eigenvalue weighted by atomic mass is 10.0. The van der Waals surface area contributed by atoms with E-state index in [4.69, 9.17) is 19.4 Å². The van der Waals surface area contributed by atoms with Crippen LogP contribution in [0.5, 0.6) is 0 Å². The quantitative estimate of drug-likeness (QED) is 0.132. The Balaban J connectivity index is 0.870. The third-order valence-corrected chi connectivity index (χ3v) is 12.9. The molecule has 0 saturated carbocycles. The normalized spacial score (nSPS) is 22.0. The van der Waals surface area contributed by atoms with E-state index >= 15 is 0 Å². The predicted octanol–water partition coefficient (Wildman–Crippen LogP) is 6.02. The van der Waals surface area contributed by atoms with Gasteiger partial charge in [0.2, 0.25) is 11.8 Å². The first-order valence-electron chi connectivity index (χ1n) is 21.6. The molecule has 6 heterocycles. The number of carbonyl (C=O) groups is 4. The summed E-state index contributed by atoms with van der Waals surface area (Å²) in [5.41, 5.74) is 6.27. The minimum absolute atomic E-state index is 0.0946. The van der Waals surface area contributed by atoms with Crippen molar-refractivity contribution in [2.24, 2.45) is 11.8 Å². The maximum Gasteiger partial charge on any atom is 0.407 e. The summed E-state index contributed by atoms with van der Waals surface area (Å²) in [7, 11) is 2.60. The number of H-pyrrole nitrogens is 2. The molecular formula is C45H58N10O6. The third kappa shape index (κ3) is 8.36. The topological polar surface area (TPSA) is 181 Å². The maximum atomic E-state index is 13.6. The first kappa shape index (κ1) is 41.7. The van der Waals surface area contributed by atoms with Crippen molar-refractivity contribution in [3.8, 4) is 22.5 Å². The van der Waals surface area contributed by atoms with Gasteiger partial charge < -0.3 is 49.7 Å². The summed E-state index contributed by atoms with van der Waals surface area (Å²) < 4.78 is 9.55. The van der Waals surface area contributed by atoms with Crippen LogP contribution in [0.3, 0.4) is 0 Å². The van der Waals surface area contributed by atoms with Gasteiger partial charge in [0.05, 0.1) is 50.1 Å². The summed E-state index contributed by atoms with van der Waals surface area (Å²) in [6, 6.07) is 16.4. The van der Waals surface area contributed by atoms with Crippen molar-refractivity contribution >= 4 is 35.4 Å². The summed E-state index contributed by atoms with van der Waals surface area (Å²) in [6.07, 6.45) is 6.88. The zero-order valence-corrected chi connectivity index (χ0v) is 35.9. The van der Waals surface area contributed by atoms with Crippen molar-refractivity contribution in [2.75, 3.05) is 50.2 Å². The second-order valence-corrected chi connectivity index (χ2v) is 17.4. The van der Waals surface area contributed by atoms with Crippen molar-refractivity contribution in [1.29, 1.82) is 0 Å². The fourth-order valence-corrected chi connectivity index (χ4v) is 9.66. The molecule has 0 aliphatic carbocycles. The Morgan fingerprint density at radius 1 is 0.639 bits per heavy atom. The van der Waals surface area contributed by atoms with Gasteiger partial charge in [-0.2, -0.15) is 0 Å². The van der Waals surface area contributed by atoms with Crippen LogP contribution in [0, 0.1) is 11.8 Å². The van der Waals surface area contributed by atoms with Crippen molar-refractivity contribution in [3.63, 3.8) is 0 Å². The molecular weight excluding hydrogens is 777 g/mol. The minimum Gasteiger partial charge on any atom is -0.453 e. The van der Waals surface area contributed by atoms with E-state index in [1.165, 1.54) is 25.6 Å². The van der Waals surface area contributed by atoms with E-state index in [0.717, 1.165) is 79.4 Å². The van der Waals surface area contributed by atoms with Gasteiger partial charge in [0.1, 0.15) is 23.7 Å². The lowest BCUT2D eigenvalue weighted by Crippen LogP contribution is -2.51. The zero-order chi connectivity index (χ0) is 42.9. The number of rotatable bonds is 12. The number of hydrogen-bond acceptors (Lipinski definition) is 10. The van der Waals surface area contributed by atoms with Crippen LogP contribution in [0.15, 0.2) is 60.9 Å². The molecule has 4 aliphatic heterocycles. The number of methoxy groups -OCH3 is 2. The van der Waals surface area contributed by atoms with Gasteiger partial charge in [-0.05, 0) is 79.3 Å². The number of nitrogens with zero attached hydrogens (tertiary/aromatic N) is 6. The Kier molecular flexibility index (Phi) is 12.0. The van der Waals surface area contributed by atoms with Gasteiger partial charge in [0.25, 0.3) is 0 Å². The number of imidazole rings is 2. The number of alkyl carbamates (subject to hydrolysis) is 2. The first-order valence-corrected chi connectivity index (χ1v) is 21.6. The van der Waals surface area contributed by atoms with Crippen LogP contribution < -0.4 is 20.4 Å². The fraction of sp³-hybridized carbons (Fsp3) is 0.511. The lowest BCUT2D eigenvalue weighted by molar-refractivity contribution is -0.136. The molecule has 8 rings (SSSR count). The van der Waals surface area contributed by atoms with Crippen LogP contribution in [-0.4, -0.2) is 118 Å². The monoisotopic (exact) mass is 834 g/mol. The molecule has 4 amide bonds. The van der Waals surface area contributed by atoms with Gasteiger partial charge in [0, 0.05) is 49.6 Å². The smallest absolute Gasteiger partial charge is 0.407 e. The molecule has 4 fully saturated rings. The number of nitrogens with one attached hydrogen (secondary N) is 4. The molecule has 324 valence electrons. The molecule has 2 unspecified atom stereocenters. The summed E-state index contributed by atoms with van der Waals surface area (Å²) in [5, 5.41) is 5.42. The van der Waals surface area contributed by atoms with Crippen LogP contribution in [-0.2, 0) is 19.1 Å². The number of aromatic nitrogens is 4. The molecule has 2 bridgehead atoms. The predicted molar refractivity (Wildman–Crippen MR) is 231 cm³/mol. The average Bonchev–Trinajstić information content (AvgIpc) is 4.13. The molecule has 4 aromatic rings. The number of carbonyl (C=O) groups excluding carboxylic acids is 4. The number of ether oxygens (including phenoxy) is 2. The van der Waals surface area contributed by atoms with Crippen LogP contribution >= 0.6 is 0 Å². The number of aromatic amines is 2. The molecule has 16 heteroatoms. The maximum absolute atomic E-state index is 13.6. The molecule has 0 spiro atoms. The molecule has 4 aliphatic rings. The average molecular weight is 835 g/mol. The molecule has 2 aromatic heterocycles. The number of hydrogen-bond donors (Lipinski definition) is 4. The molecule has 6 atom stereocenters. The number of benzene rings is 2. The van der Waals surface area contributed by atoms with Crippen molar-refractivity contribution in [1.82, 2.24) is 40.4 Å². The molecule has 0 radical (unpaired) electrons.